The Balaban J connectivity index is 2.95. The van der Waals surface area contributed by atoms with Crippen LogP contribution in [-0.2, 0) is 11.3 Å². The van der Waals surface area contributed by atoms with Crippen LogP contribution in [0.4, 0.5) is 5.69 Å². The average molecular weight is 298 g/mol. The standard InChI is InChI=1S/C15H24ClN3O/c1-15(2,3)18-9-11-12(16)7-6-8-13(11)19(5)10-14(20)17-4/h6-8,18H,9-10H2,1-5H3,(H,17,20). The van der Waals surface area contributed by atoms with Gasteiger partial charge in [-0.2, -0.15) is 0 Å². The van der Waals surface area contributed by atoms with Crippen molar-refractivity contribution in [1.82, 2.24) is 10.6 Å². The molecule has 1 aromatic carbocycles. The zero-order chi connectivity index (χ0) is 15.3. The molecule has 0 aliphatic heterocycles. The molecule has 0 bridgehead atoms. The van der Waals surface area contributed by atoms with Gasteiger partial charge in [-0.25, -0.2) is 0 Å². The fraction of sp³-hybridized carbons (Fsp3) is 0.533. The van der Waals surface area contributed by atoms with E-state index in [9.17, 15) is 4.79 Å². The average Bonchev–Trinajstić information content (AvgIpc) is 2.35. The maximum atomic E-state index is 11.5. The predicted molar refractivity (Wildman–Crippen MR) is 85.4 cm³/mol. The number of amides is 1. The van der Waals surface area contributed by atoms with Gasteiger partial charge in [-0.05, 0) is 32.9 Å². The van der Waals surface area contributed by atoms with Gasteiger partial charge in [0.15, 0.2) is 0 Å². The first-order valence-corrected chi connectivity index (χ1v) is 7.06. The number of benzene rings is 1. The van der Waals surface area contributed by atoms with E-state index in [2.05, 4.69) is 31.4 Å². The molecule has 0 saturated carbocycles. The number of carbonyl (C=O) groups is 1. The van der Waals surface area contributed by atoms with Crippen molar-refractivity contribution in [3.8, 4) is 0 Å². The Labute approximate surface area is 126 Å². The van der Waals surface area contributed by atoms with E-state index in [0.717, 1.165) is 11.3 Å². The molecule has 0 heterocycles. The first-order valence-electron chi connectivity index (χ1n) is 6.68. The van der Waals surface area contributed by atoms with Gasteiger partial charge in [-0.3, -0.25) is 4.79 Å². The monoisotopic (exact) mass is 297 g/mol. The van der Waals surface area contributed by atoms with Gasteiger partial charge < -0.3 is 15.5 Å². The molecule has 20 heavy (non-hydrogen) atoms. The molecule has 5 heteroatoms. The van der Waals surface area contributed by atoms with Crippen LogP contribution >= 0.6 is 11.6 Å². The number of nitrogens with zero attached hydrogens (tertiary/aromatic N) is 1. The van der Waals surface area contributed by atoms with Gasteiger partial charge in [0.2, 0.25) is 5.91 Å². The third-order valence-corrected chi connectivity index (χ3v) is 3.31. The molecule has 0 aliphatic carbocycles. The van der Waals surface area contributed by atoms with E-state index in [1.807, 2.05) is 30.1 Å². The molecule has 0 atom stereocenters. The fourth-order valence-corrected chi connectivity index (χ4v) is 2.05. The molecular formula is C15H24ClN3O. The van der Waals surface area contributed by atoms with Crippen molar-refractivity contribution < 1.29 is 4.79 Å². The lowest BCUT2D eigenvalue weighted by Crippen LogP contribution is -2.37. The summed E-state index contributed by atoms with van der Waals surface area (Å²) in [6.07, 6.45) is 0. The van der Waals surface area contributed by atoms with Crippen molar-refractivity contribution in [3.63, 3.8) is 0 Å². The summed E-state index contributed by atoms with van der Waals surface area (Å²) in [6.45, 7) is 7.29. The lowest BCUT2D eigenvalue weighted by Gasteiger charge is -2.26. The molecule has 2 N–H and O–H groups in total. The Morgan fingerprint density at radius 1 is 1.35 bits per heavy atom. The summed E-state index contributed by atoms with van der Waals surface area (Å²) in [5.74, 6) is -0.0257. The second kappa shape index (κ2) is 6.95. The summed E-state index contributed by atoms with van der Waals surface area (Å²) in [7, 11) is 3.53. The summed E-state index contributed by atoms with van der Waals surface area (Å²) in [5, 5.41) is 6.77. The number of halogens is 1. The third-order valence-electron chi connectivity index (χ3n) is 2.96. The van der Waals surface area contributed by atoms with Crippen LogP contribution in [0.2, 0.25) is 5.02 Å². The minimum atomic E-state index is -0.0257. The first-order chi connectivity index (χ1) is 9.24. The predicted octanol–water partition coefficient (Wildman–Crippen LogP) is 2.41. The normalized spacial score (nSPS) is 11.3. The Bertz CT molecular complexity index is 469. The number of hydrogen-bond donors (Lipinski definition) is 2. The number of likely N-dealkylation sites (N-methyl/N-ethyl adjacent to an activating group) is 2. The van der Waals surface area contributed by atoms with Crippen LogP contribution in [0, 0.1) is 0 Å². The van der Waals surface area contributed by atoms with E-state index in [-0.39, 0.29) is 11.4 Å². The summed E-state index contributed by atoms with van der Waals surface area (Å²) < 4.78 is 0. The van der Waals surface area contributed by atoms with E-state index in [4.69, 9.17) is 11.6 Å². The van der Waals surface area contributed by atoms with Gasteiger partial charge in [0.25, 0.3) is 0 Å². The van der Waals surface area contributed by atoms with Crippen molar-refractivity contribution in [3.05, 3.63) is 28.8 Å². The van der Waals surface area contributed by atoms with E-state index < -0.39 is 0 Å². The van der Waals surface area contributed by atoms with Crippen LogP contribution in [-0.4, -0.2) is 32.1 Å². The van der Waals surface area contributed by atoms with Crippen molar-refractivity contribution in [2.24, 2.45) is 0 Å². The van der Waals surface area contributed by atoms with Crippen LogP contribution < -0.4 is 15.5 Å². The second-order valence-electron chi connectivity index (χ2n) is 5.87. The minimum absolute atomic E-state index is 0.00973. The van der Waals surface area contributed by atoms with E-state index >= 15 is 0 Å². The van der Waals surface area contributed by atoms with Crippen molar-refractivity contribution >= 4 is 23.2 Å². The highest BCUT2D eigenvalue weighted by Crippen LogP contribution is 2.27. The van der Waals surface area contributed by atoms with Gasteiger partial charge in [-0.15, -0.1) is 0 Å². The van der Waals surface area contributed by atoms with Crippen LogP contribution in [0.3, 0.4) is 0 Å². The SMILES string of the molecule is CNC(=O)CN(C)c1cccc(Cl)c1CNC(C)(C)C. The van der Waals surface area contributed by atoms with Gasteiger partial charge in [0.1, 0.15) is 0 Å². The van der Waals surface area contributed by atoms with Crippen LogP contribution in [0.25, 0.3) is 0 Å². The summed E-state index contributed by atoms with van der Waals surface area (Å²) in [6, 6.07) is 5.76. The molecule has 1 rings (SSSR count). The molecule has 0 aromatic heterocycles. The number of hydrogen-bond acceptors (Lipinski definition) is 3. The molecular weight excluding hydrogens is 274 g/mol. The van der Waals surface area contributed by atoms with E-state index in [1.165, 1.54) is 0 Å². The number of nitrogens with one attached hydrogen (secondary N) is 2. The van der Waals surface area contributed by atoms with E-state index in [1.54, 1.807) is 7.05 Å². The molecule has 1 amide bonds. The van der Waals surface area contributed by atoms with Crippen LogP contribution in [0.1, 0.15) is 26.3 Å². The van der Waals surface area contributed by atoms with Crippen molar-refractivity contribution in [2.45, 2.75) is 32.9 Å². The summed E-state index contributed by atoms with van der Waals surface area (Å²) in [5.41, 5.74) is 1.99. The van der Waals surface area contributed by atoms with Crippen molar-refractivity contribution in [2.75, 3.05) is 25.5 Å². The second-order valence-corrected chi connectivity index (χ2v) is 6.28. The summed E-state index contributed by atoms with van der Waals surface area (Å²) in [4.78, 5) is 13.4. The lowest BCUT2D eigenvalue weighted by molar-refractivity contribution is -0.119. The maximum absolute atomic E-state index is 11.5. The topological polar surface area (TPSA) is 44.4 Å². The lowest BCUT2D eigenvalue weighted by atomic mass is 10.1. The highest BCUT2D eigenvalue weighted by molar-refractivity contribution is 6.31. The Morgan fingerprint density at radius 2 is 2.00 bits per heavy atom. The molecule has 0 radical (unpaired) electrons. The Hall–Kier alpha value is -1.26. The quantitative estimate of drug-likeness (QED) is 0.877. The van der Waals surface area contributed by atoms with E-state index in [0.29, 0.717) is 18.1 Å². The molecule has 0 fully saturated rings. The van der Waals surface area contributed by atoms with Crippen LogP contribution in [0.5, 0.6) is 0 Å². The number of carbonyl (C=O) groups excluding carboxylic acids is 1. The summed E-state index contributed by atoms with van der Waals surface area (Å²) >= 11 is 6.31. The Morgan fingerprint density at radius 3 is 2.55 bits per heavy atom. The molecule has 112 valence electrons. The Kier molecular flexibility index (Phi) is 5.84. The smallest absolute Gasteiger partial charge is 0.239 e. The maximum Gasteiger partial charge on any atom is 0.239 e. The highest BCUT2D eigenvalue weighted by Gasteiger charge is 2.15. The van der Waals surface area contributed by atoms with Crippen molar-refractivity contribution in [1.29, 1.82) is 0 Å². The van der Waals surface area contributed by atoms with Gasteiger partial charge in [-0.1, -0.05) is 17.7 Å². The highest BCUT2D eigenvalue weighted by atomic mass is 35.5. The fourth-order valence-electron chi connectivity index (χ4n) is 1.81. The first kappa shape index (κ1) is 16.8. The minimum Gasteiger partial charge on any atom is -0.365 e. The largest absolute Gasteiger partial charge is 0.365 e. The molecule has 4 nitrogen and oxygen atoms in total. The molecule has 1 aromatic rings. The third kappa shape index (κ3) is 5.02. The van der Waals surface area contributed by atoms with Gasteiger partial charge >= 0.3 is 0 Å². The molecule has 0 saturated heterocycles. The molecule has 0 spiro atoms. The molecule has 0 unspecified atom stereocenters. The number of rotatable bonds is 5. The zero-order valence-corrected chi connectivity index (χ0v) is 13.6. The van der Waals surface area contributed by atoms with Gasteiger partial charge in [0.05, 0.1) is 6.54 Å². The zero-order valence-electron chi connectivity index (χ0n) is 12.9. The molecule has 0 aliphatic rings. The van der Waals surface area contributed by atoms with Gasteiger partial charge in [0, 0.05) is 42.5 Å². The number of anilines is 1. The van der Waals surface area contributed by atoms with Crippen LogP contribution in [0.15, 0.2) is 18.2 Å².